The molecule has 0 aliphatic heterocycles. The lowest BCUT2D eigenvalue weighted by Gasteiger charge is -2.33. The fraction of sp³-hybridized carbons (Fsp3) is 0.500. The van der Waals surface area contributed by atoms with Gasteiger partial charge in [-0.15, -0.1) is 11.6 Å². The molecular formula is C12H16ClN. The van der Waals surface area contributed by atoms with Crippen LogP contribution in [0.4, 0.5) is 0 Å². The zero-order valence-electron chi connectivity index (χ0n) is 8.54. The van der Waals surface area contributed by atoms with Crippen molar-refractivity contribution in [2.45, 2.75) is 12.3 Å². The van der Waals surface area contributed by atoms with Gasteiger partial charge in [0, 0.05) is 24.9 Å². The van der Waals surface area contributed by atoms with Gasteiger partial charge in [-0.3, -0.25) is 0 Å². The number of alkyl halides is 1. The Hall–Kier alpha value is -0.530. The molecule has 1 aromatic carbocycles. The van der Waals surface area contributed by atoms with E-state index in [0.29, 0.717) is 0 Å². The lowest BCUT2D eigenvalue weighted by atomic mass is 9.77. The molecule has 1 atom stereocenters. The van der Waals surface area contributed by atoms with Crippen LogP contribution in [-0.2, 0) is 6.42 Å². The first kappa shape index (κ1) is 10.0. The Kier molecular flexibility index (Phi) is 3.09. The van der Waals surface area contributed by atoms with E-state index in [-0.39, 0.29) is 0 Å². The maximum Gasteiger partial charge on any atom is 0.0351 e. The SMILES string of the molecule is CN(CCCl)CC1Cc2ccccc21. The summed E-state index contributed by atoms with van der Waals surface area (Å²) in [6.45, 7) is 2.13. The van der Waals surface area contributed by atoms with Crippen molar-refractivity contribution in [3.05, 3.63) is 35.4 Å². The van der Waals surface area contributed by atoms with Crippen LogP contribution in [0.5, 0.6) is 0 Å². The molecular weight excluding hydrogens is 194 g/mol. The number of likely N-dealkylation sites (N-methyl/N-ethyl adjacent to an activating group) is 1. The Labute approximate surface area is 90.7 Å². The van der Waals surface area contributed by atoms with Crippen LogP contribution in [-0.4, -0.2) is 30.9 Å². The Morgan fingerprint density at radius 1 is 1.43 bits per heavy atom. The lowest BCUT2D eigenvalue weighted by Crippen LogP contribution is -2.31. The first-order valence-electron chi connectivity index (χ1n) is 5.13. The highest BCUT2D eigenvalue weighted by Gasteiger charge is 2.25. The highest BCUT2D eigenvalue weighted by Crippen LogP contribution is 2.34. The number of rotatable bonds is 4. The van der Waals surface area contributed by atoms with Gasteiger partial charge in [-0.1, -0.05) is 24.3 Å². The first-order valence-corrected chi connectivity index (χ1v) is 5.67. The van der Waals surface area contributed by atoms with Crippen LogP contribution in [0.25, 0.3) is 0 Å². The van der Waals surface area contributed by atoms with Crippen molar-refractivity contribution in [3.8, 4) is 0 Å². The summed E-state index contributed by atoms with van der Waals surface area (Å²) in [4.78, 5) is 2.31. The van der Waals surface area contributed by atoms with Crippen LogP contribution in [0.15, 0.2) is 24.3 Å². The van der Waals surface area contributed by atoms with Crippen LogP contribution >= 0.6 is 11.6 Å². The van der Waals surface area contributed by atoms with E-state index in [1.807, 2.05) is 0 Å². The molecule has 0 fully saturated rings. The minimum absolute atomic E-state index is 0.727. The van der Waals surface area contributed by atoms with Gasteiger partial charge >= 0.3 is 0 Å². The third-order valence-corrected chi connectivity index (χ3v) is 3.13. The molecule has 1 aliphatic carbocycles. The molecule has 0 bridgehead atoms. The second kappa shape index (κ2) is 4.33. The number of nitrogens with zero attached hydrogens (tertiary/aromatic N) is 1. The topological polar surface area (TPSA) is 3.24 Å². The molecule has 1 nitrogen and oxygen atoms in total. The monoisotopic (exact) mass is 209 g/mol. The third-order valence-electron chi connectivity index (χ3n) is 2.96. The van der Waals surface area contributed by atoms with Crippen molar-refractivity contribution in [2.75, 3.05) is 26.0 Å². The van der Waals surface area contributed by atoms with Gasteiger partial charge in [0.15, 0.2) is 0 Å². The Bertz CT molecular complexity index is 311. The summed E-state index contributed by atoms with van der Waals surface area (Å²) in [6.07, 6.45) is 1.24. The van der Waals surface area contributed by atoms with Crippen LogP contribution < -0.4 is 0 Å². The summed E-state index contributed by atoms with van der Waals surface area (Å²) >= 11 is 5.70. The molecule has 2 heteroatoms. The van der Waals surface area contributed by atoms with Gasteiger partial charge in [-0.2, -0.15) is 0 Å². The third kappa shape index (κ3) is 1.94. The van der Waals surface area contributed by atoms with Crippen LogP contribution in [0.1, 0.15) is 17.0 Å². The summed E-state index contributed by atoms with van der Waals surface area (Å²) in [5.41, 5.74) is 3.06. The van der Waals surface area contributed by atoms with E-state index < -0.39 is 0 Å². The van der Waals surface area contributed by atoms with Crippen LogP contribution in [0.3, 0.4) is 0 Å². The molecule has 0 amide bonds. The maximum absolute atomic E-state index is 5.70. The van der Waals surface area contributed by atoms with Crippen molar-refractivity contribution >= 4 is 11.6 Å². The van der Waals surface area contributed by atoms with Crippen LogP contribution in [0, 0.1) is 0 Å². The number of fused-ring (bicyclic) bond motifs is 1. The normalized spacial score (nSPS) is 19.2. The van der Waals surface area contributed by atoms with Gasteiger partial charge in [-0.05, 0) is 24.6 Å². The highest BCUT2D eigenvalue weighted by molar-refractivity contribution is 6.18. The number of benzene rings is 1. The van der Waals surface area contributed by atoms with E-state index in [2.05, 4.69) is 36.2 Å². The van der Waals surface area contributed by atoms with E-state index in [0.717, 1.165) is 24.9 Å². The molecule has 0 spiro atoms. The van der Waals surface area contributed by atoms with Gasteiger partial charge in [0.25, 0.3) is 0 Å². The van der Waals surface area contributed by atoms with Gasteiger partial charge < -0.3 is 4.90 Å². The van der Waals surface area contributed by atoms with Crippen LogP contribution in [0.2, 0.25) is 0 Å². The average molecular weight is 210 g/mol. The fourth-order valence-corrected chi connectivity index (χ4v) is 2.43. The molecule has 0 saturated heterocycles. The van der Waals surface area contributed by atoms with E-state index >= 15 is 0 Å². The van der Waals surface area contributed by atoms with E-state index in [9.17, 15) is 0 Å². The Balaban J connectivity index is 1.92. The quantitative estimate of drug-likeness (QED) is 0.689. The summed E-state index contributed by atoms with van der Waals surface area (Å²) in [6, 6.07) is 8.73. The molecule has 1 unspecified atom stereocenters. The van der Waals surface area contributed by atoms with Gasteiger partial charge in [0.1, 0.15) is 0 Å². The molecule has 14 heavy (non-hydrogen) atoms. The second-order valence-electron chi connectivity index (χ2n) is 4.05. The second-order valence-corrected chi connectivity index (χ2v) is 4.43. The summed E-state index contributed by atoms with van der Waals surface area (Å²) < 4.78 is 0. The van der Waals surface area contributed by atoms with E-state index in [1.54, 1.807) is 0 Å². The van der Waals surface area contributed by atoms with Crippen molar-refractivity contribution in [2.24, 2.45) is 0 Å². The van der Waals surface area contributed by atoms with E-state index in [4.69, 9.17) is 11.6 Å². The Morgan fingerprint density at radius 3 is 2.93 bits per heavy atom. The summed E-state index contributed by atoms with van der Waals surface area (Å²) in [7, 11) is 2.14. The lowest BCUT2D eigenvalue weighted by molar-refractivity contribution is 0.315. The fourth-order valence-electron chi connectivity index (χ4n) is 2.14. The zero-order valence-corrected chi connectivity index (χ0v) is 9.30. The van der Waals surface area contributed by atoms with E-state index in [1.165, 1.54) is 17.5 Å². The molecule has 2 rings (SSSR count). The number of hydrogen-bond donors (Lipinski definition) is 0. The Morgan fingerprint density at radius 2 is 2.21 bits per heavy atom. The zero-order chi connectivity index (χ0) is 9.97. The molecule has 1 aromatic rings. The van der Waals surface area contributed by atoms with Gasteiger partial charge in [-0.25, -0.2) is 0 Å². The number of halogens is 1. The minimum Gasteiger partial charge on any atom is -0.305 e. The van der Waals surface area contributed by atoms with Gasteiger partial charge in [0.2, 0.25) is 0 Å². The van der Waals surface area contributed by atoms with Crippen molar-refractivity contribution in [1.82, 2.24) is 4.90 Å². The highest BCUT2D eigenvalue weighted by atomic mass is 35.5. The smallest absolute Gasteiger partial charge is 0.0351 e. The predicted octanol–water partition coefficient (Wildman–Crippen LogP) is 2.50. The molecule has 0 saturated carbocycles. The standard InChI is InChI=1S/C12H16ClN/c1-14(7-6-13)9-11-8-10-4-2-3-5-12(10)11/h2-5,11H,6-9H2,1H3. The average Bonchev–Trinajstić information content (AvgIpc) is 2.15. The minimum atomic E-state index is 0.727. The van der Waals surface area contributed by atoms with Crippen molar-refractivity contribution in [3.63, 3.8) is 0 Å². The van der Waals surface area contributed by atoms with Crippen molar-refractivity contribution < 1.29 is 0 Å². The molecule has 1 aliphatic rings. The molecule has 76 valence electrons. The predicted molar refractivity (Wildman–Crippen MR) is 61.1 cm³/mol. The summed E-state index contributed by atoms with van der Waals surface area (Å²) in [5, 5.41) is 0. The molecule has 0 N–H and O–H groups in total. The largest absolute Gasteiger partial charge is 0.305 e. The molecule has 0 aromatic heterocycles. The molecule has 0 heterocycles. The first-order chi connectivity index (χ1) is 6.81. The van der Waals surface area contributed by atoms with Gasteiger partial charge in [0.05, 0.1) is 0 Å². The summed E-state index contributed by atoms with van der Waals surface area (Å²) in [5.74, 6) is 1.46. The number of hydrogen-bond acceptors (Lipinski definition) is 1. The van der Waals surface area contributed by atoms with Crippen molar-refractivity contribution in [1.29, 1.82) is 0 Å². The maximum atomic E-state index is 5.70. The molecule has 0 radical (unpaired) electrons.